The highest BCUT2D eigenvalue weighted by molar-refractivity contribution is 6.42. The molecule has 0 saturated carbocycles. The van der Waals surface area contributed by atoms with E-state index in [9.17, 15) is 0 Å². The maximum Gasteiger partial charge on any atom is 0.166 e. The van der Waals surface area contributed by atoms with Crippen LogP contribution in [-0.2, 0) is 0 Å². The number of anilines is 2. The van der Waals surface area contributed by atoms with Gasteiger partial charge in [-0.15, -0.1) is 0 Å². The van der Waals surface area contributed by atoms with Crippen molar-refractivity contribution in [2.45, 2.75) is 19.3 Å². The van der Waals surface area contributed by atoms with Gasteiger partial charge in [0.1, 0.15) is 5.15 Å². The minimum Gasteiger partial charge on any atom is -0.372 e. The Balaban J connectivity index is 1.63. The van der Waals surface area contributed by atoms with E-state index in [2.05, 4.69) is 32.5 Å². The van der Waals surface area contributed by atoms with Gasteiger partial charge in [0.05, 0.1) is 16.3 Å². The molecule has 0 bridgehead atoms. The zero-order chi connectivity index (χ0) is 16.9. The number of pyridine rings is 1. The average Bonchev–Trinajstić information content (AvgIpc) is 2.61. The van der Waals surface area contributed by atoms with Crippen LogP contribution in [0.25, 0.3) is 0 Å². The molecule has 1 fully saturated rings. The van der Waals surface area contributed by atoms with Crippen LogP contribution < -0.4 is 10.3 Å². The van der Waals surface area contributed by atoms with E-state index in [0.717, 1.165) is 18.7 Å². The van der Waals surface area contributed by atoms with Gasteiger partial charge in [-0.2, -0.15) is 5.10 Å². The first-order valence-electron chi connectivity index (χ1n) is 7.79. The number of piperidine rings is 1. The molecule has 0 spiro atoms. The van der Waals surface area contributed by atoms with Crippen LogP contribution in [0.15, 0.2) is 35.4 Å². The van der Waals surface area contributed by atoms with E-state index < -0.39 is 0 Å². The number of halogens is 3. The Bertz CT molecular complexity index is 725. The van der Waals surface area contributed by atoms with Crippen LogP contribution in [0.2, 0.25) is 15.2 Å². The van der Waals surface area contributed by atoms with Gasteiger partial charge in [-0.3, -0.25) is 5.43 Å². The summed E-state index contributed by atoms with van der Waals surface area (Å²) in [6.45, 7) is 2.27. The molecule has 1 aromatic carbocycles. The van der Waals surface area contributed by atoms with Crippen molar-refractivity contribution in [3.63, 3.8) is 0 Å². The molecule has 0 aliphatic carbocycles. The van der Waals surface area contributed by atoms with E-state index in [0.29, 0.717) is 15.9 Å². The van der Waals surface area contributed by atoms with Crippen LogP contribution in [0, 0.1) is 0 Å². The van der Waals surface area contributed by atoms with Crippen molar-refractivity contribution in [1.82, 2.24) is 4.98 Å². The second-order valence-corrected chi connectivity index (χ2v) is 6.77. The fraction of sp³-hybridized carbons (Fsp3) is 0.294. The zero-order valence-corrected chi connectivity index (χ0v) is 15.2. The summed E-state index contributed by atoms with van der Waals surface area (Å²) in [7, 11) is 0. The van der Waals surface area contributed by atoms with Gasteiger partial charge in [-0.1, -0.05) is 46.9 Å². The van der Waals surface area contributed by atoms with Gasteiger partial charge in [-0.25, -0.2) is 4.98 Å². The lowest BCUT2D eigenvalue weighted by atomic mass is 10.1. The molecular weight excluding hydrogens is 367 g/mol. The molecule has 1 N–H and O–H groups in total. The highest BCUT2D eigenvalue weighted by Crippen LogP contribution is 2.28. The topological polar surface area (TPSA) is 40.5 Å². The summed E-state index contributed by atoms with van der Waals surface area (Å²) in [5.41, 5.74) is 5.02. The van der Waals surface area contributed by atoms with Crippen molar-refractivity contribution in [3.05, 3.63) is 51.1 Å². The van der Waals surface area contributed by atoms with E-state index in [1.54, 1.807) is 6.21 Å². The third-order valence-electron chi connectivity index (χ3n) is 3.89. The predicted molar refractivity (Wildman–Crippen MR) is 103 cm³/mol. The monoisotopic (exact) mass is 382 g/mol. The quantitative estimate of drug-likeness (QED) is 0.432. The molecule has 0 radical (unpaired) electrons. The normalized spacial score (nSPS) is 15.0. The van der Waals surface area contributed by atoms with Crippen LogP contribution in [-0.4, -0.2) is 24.3 Å². The van der Waals surface area contributed by atoms with Crippen LogP contribution in [0.1, 0.15) is 24.8 Å². The van der Waals surface area contributed by atoms with Gasteiger partial charge < -0.3 is 4.90 Å². The smallest absolute Gasteiger partial charge is 0.166 e. The first kappa shape index (κ1) is 17.3. The molecule has 1 aromatic heterocycles. The standard InChI is InChI=1S/C17H17Cl3N4/c18-14-10-15(19)17(22-16(14)20)23-21-11-12-4-6-13(7-5-12)24-8-2-1-3-9-24/h4-7,10-11H,1-3,8-9H2,(H,22,23)/b21-11-. The summed E-state index contributed by atoms with van der Waals surface area (Å²) in [5.74, 6) is 0.368. The molecule has 1 aliphatic rings. The summed E-state index contributed by atoms with van der Waals surface area (Å²) < 4.78 is 0. The number of nitrogens with one attached hydrogen (secondary N) is 1. The summed E-state index contributed by atoms with van der Waals surface area (Å²) in [4.78, 5) is 6.47. The third kappa shape index (κ3) is 4.32. The predicted octanol–water partition coefficient (Wildman–Crippen LogP) is 5.48. The number of nitrogens with zero attached hydrogens (tertiary/aromatic N) is 3. The second-order valence-electron chi connectivity index (χ2n) is 5.60. The van der Waals surface area contributed by atoms with E-state index in [1.807, 2.05) is 12.1 Å². The second kappa shape index (κ2) is 8.06. The van der Waals surface area contributed by atoms with Crippen LogP contribution in [0.5, 0.6) is 0 Å². The van der Waals surface area contributed by atoms with Crippen LogP contribution in [0.3, 0.4) is 0 Å². The summed E-state index contributed by atoms with van der Waals surface area (Å²) in [5, 5.41) is 5.01. The van der Waals surface area contributed by atoms with Crippen molar-refractivity contribution in [3.8, 4) is 0 Å². The lowest BCUT2D eigenvalue weighted by molar-refractivity contribution is 0.578. The maximum atomic E-state index is 6.04. The van der Waals surface area contributed by atoms with E-state index in [1.165, 1.54) is 31.0 Å². The maximum absolute atomic E-state index is 6.04. The molecular formula is C17H17Cl3N4. The molecule has 3 rings (SSSR count). The minimum atomic E-state index is 0.185. The van der Waals surface area contributed by atoms with Gasteiger partial charge in [0.15, 0.2) is 5.82 Å². The van der Waals surface area contributed by atoms with E-state index >= 15 is 0 Å². The lowest BCUT2D eigenvalue weighted by Crippen LogP contribution is -2.29. The fourth-order valence-corrected chi connectivity index (χ4v) is 3.15. The molecule has 1 saturated heterocycles. The molecule has 4 nitrogen and oxygen atoms in total. The number of rotatable bonds is 4. The molecule has 0 amide bonds. The van der Waals surface area contributed by atoms with Gasteiger partial charge in [-0.05, 0) is 43.0 Å². The minimum absolute atomic E-state index is 0.185. The zero-order valence-electron chi connectivity index (χ0n) is 13.0. The van der Waals surface area contributed by atoms with Gasteiger partial charge in [0, 0.05) is 18.8 Å². The Morgan fingerprint density at radius 3 is 2.42 bits per heavy atom. The largest absolute Gasteiger partial charge is 0.372 e. The summed E-state index contributed by atoms with van der Waals surface area (Å²) in [6, 6.07) is 9.86. The molecule has 1 aliphatic heterocycles. The molecule has 7 heteroatoms. The first-order valence-corrected chi connectivity index (χ1v) is 8.92. The average molecular weight is 384 g/mol. The number of benzene rings is 1. The van der Waals surface area contributed by atoms with E-state index in [-0.39, 0.29) is 5.15 Å². The Kier molecular flexibility index (Phi) is 5.82. The summed E-state index contributed by atoms with van der Waals surface area (Å²) in [6.07, 6.45) is 5.58. The van der Waals surface area contributed by atoms with Gasteiger partial charge >= 0.3 is 0 Å². The SMILES string of the molecule is Clc1cc(Cl)c(N/N=C\c2ccc(N3CCCCC3)cc2)nc1Cl. The van der Waals surface area contributed by atoms with Crippen molar-refractivity contribution < 1.29 is 0 Å². The van der Waals surface area contributed by atoms with Crippen molar-refractivity contribution in [1.29, 1.82) is 0 Å². The van der Waals surface area contributed by atoms with Crippen molar-refractivity contribution >= 4 is 52.5 Å². The van der Waals surface area contributed by atoms with E-state index in [4.69, 9.17) is 34.8 Å². The van der Waals surface area contributed by atoms with Crippen LogP contribution >= 0.6 is 34.8 Å². The van der Waals surface area contributed by atoms with Crippen molar-refractivity contribution in [2.24, 2.45) is 5.10 Å². The Morgan fingerprint density at radius 2 is 1.71 bits per heavy atom. The summed E-state index contributed by atoms with van der Waals surface area (Å²) >= 11 is 17.8. The fourth-order valence-electron chi connectivity index (χ4n) is 2.61. The Labute approximate surface area is 156 Å². The number of aromatic nitrogens is 1. The molecule has 24 heavy (non-hydrogen) atoms. The molecule has 126 valence electrons. The highest BCUT2D eigenvalue weighted by atomic mass is 35.5. The number of hydrazone groups is 1. The van der Waals surface area contributed by atoms with Crippen molar-refractivity contribution in [2.75, 3.05) is 23.4 Å². The molecule has 0 unspecified atom stereocenters. The Hall–Kier alpha value is -1.49. The molecule has 0 atom stereocenters. The van der Waals surface area contributed by atoms with Gasteiger partial charge in [0.2, 0.25) is 0 Å². The third-order valence-corrected chi connectivity index (χ3v) is 4.85. The lowest BCUT2D eigenvalue weighted by Gasteiger charge is -2.28. The highest BCUT2D eigenvalue weighted by Gasteiger charge is 2.10. The van der Waals surface area contributed by atoms with Crippen LogP contribution in [0.4, 0.5) is 11.5 Å². The number of hydrogen-bond acceptors (Lipinski definition) is 4. The molecule has 2 heterocycles. The number of hydrogen-bond donors (Lipinski definition) is 1. The molecule has 2 aromatic rings. The van der Waals surface area contributed by atoms with Gasteiger partial charge in [0.25, 0.3) is 0 Å². The first-order chi connectivity index (χ1) is 11.6. The Morgan fingerprint density at radius 1 is 1.00 bits per heavy atom.